The molecule has 0 spiro atoms. The van der Waals surface area contributed by atoms with Crippen LogP contribution in [-0.4, -0.2) is 17.4 Å². The lowest BCUT2D eigenvalue weighted by Gasteiger charge is -2.23. The first-order valence-electron chi connectivity index (χ1n) is 7.59. The molecule has 3 rings (SSSR count). The zero-order valence-electron chi connectivity index (χ0n) is 12.6. The van der Waals surface area contributed by atoms with Crippen molar-refractivity contribution in [2.75, 3.05) is 0 Å². The molecule has 0 radical (unpaired) electrons. The highest BCUT2D eigenvalue weighted by atomic mass is 32.1. The summed E-state index contributed by atoms with van der Waals surface area (Å²) in [6.07, 6.45) is 2.52. The van der Waals surface area contributed by atoms with Crippen LogP contribution in [0.2, 0.25) is 0 Å². The van der Waals surface area contributed by atoms with Gasteiger partial charge in [-0.1, -0.05) is 18.2 Å². The van der Waals surface area contributed by atoms with Crippen molar-refractivity contribution in [3.8, 4) is 0 Å². The van der Waals surface area contributed by atoms with Crippen molar-refractivity contribution in [1.29, 1.82) is 0 Å². The maximum Gasteiger partial charge on any atom is 0.220 e. The minimum absolute atomic E-state index is 0.0415. The van der Waals surface area contributed by atoms with E-state index in [-0.39, 0.29) is 17.4 Å². The number of hydrogen-bond donors (Lipinski definition) is 2. The summed E-state index contributed by atoms with van der Waals surface area (Å²) in [6.45, 7) is 2.58. The minimum Gasteiger partial charge on any atom is -0.351 e. The van der Waals surface area contributed by atoms with Gasteiger partial charge in [0.25, 0.3) is 0 Å². The summed E-state index contributed by atoms with van der Waals surface area (Å²) in [7, 11) is 0. The average molecular weight is 316 g/mol. The number of rotatable bonds is 5. The van der Waals surface area contributed by atoms with E-state index in [1.807, 2.05) is 19.1 Å². The van der Waals surface area contributed by atoms with E-state index in [0.29, 0.717) is 25.8 Å². The van der Waals surface area contributed by atoms with Gasteiger partial charge in [-0.15, -0.1) is 11.3 Å². The van der Waals surface area contributed by atoms with Crippen molar-refractivity contribution >= 4 is 33.2 Å². The molecule has 2 amide bonds. The fraction of sp³-hybridized carbons (Fsp3) is 0.412. The Morgan fingerprint density at radius 2 is 2.23 bits per heavy atom. The Bertz CT molecular complexity index is 677. The SMILES string of the molecule is C[C@]1(CCC(=O)NCc2cc3ccccc3s2)CCC(=O)N1. The van der Waals surface area contributed by atoms with Crippen LogP contribution in [0.25, 0.3) is 10.1 Å². The molecular formula is C17H20N2O2S. The molecule has 5 heteroatoms. The Labute approximate surface area is 133 Å². The van der Waals surface area contributed by atoms with Crippen LogP contribution in [-0.2, 0) is 16.1 Å². The van der Waals surface area contributed by atoms with Crippen LogP contribution in [0, 0.1) is 0 Å². The van der Waals surface area contributed by atoms with Crippen LogP contribution in [0.3, 0.4) is 0 Å². The Morgan fingerprint density at radius 3 is 2.95 bits per heavy atom. The number of nitrogens with one attached hydrogen (secondary N) is 2. The van der Waals surface area contributed by atoms with Crippen LogP contribution in [0.5, 0.6) is 0 Å². The van der Waals surface area contributed by atoms with Gasteiger partial charge >= 0.3 is 0 Å². The lowest BCUT2D eigenvalue weighted by atomic mass is 9.94. The van der Waals surface area contributed by atoms with Crippen molar-refractivity contribution in [2.45, 2.75) is 44.7 Å². The highest BCUT2D eigenvalue weighted by Gasteiger charge is 2.32. The Kier molecular flexibility index (Phi) is 4.16. The first kappa shape index (κ1) is 15.0. The number of carbonyl (C=O) groups excluding carboxylic acids is 2. The second-order valence-electron chi connectivity index (χ2n) is 6.14. The lowest BCUT2D eigenvalue weighted by molar-refractivity contribution is -0.122. The normalized spacial score (nSPS) is 21.0. The highest BCUT2D eigenvalue weighted by Crippen LogP contribution is 2.26. The van der Waals surface area contributed by atoms with Crippen LogP contribution < -0.4 is 10.6 Å². The Morgan fingerprint density at radius 1 is 1.41 bits per heavy atom. The zero-order chi connectivity index (χ0) is 15.6. The van der Waals surface area contributed by atoms with E-state index in [4.69, 9.17) is 0 Å². The smallest absolute Gasteiger partial charge is 0.220 e. The number of carbonyl (C=O) groups is 2. The van der Waals surface area contributed by atoms with Gasteiger partial charge in [0.05, 0.1) is 6.54 Å². The number of thiophene rings is 1. The summed E-state index contributed by atoms with van der Waals surface area (Å²) in [5, 5.41) is 7.15. The number of fused-ring (bicyclic) bond motifs is 1. The summed E-state index contributed by atoms with van der Waals surface area (Å²) in [6, 6.07) is 10.3. The van der Waals surface area contributed by atoms with Gasteiger partial charge in [0.15, 0.2) is 0 Å². The van der Waals surface area contributed by atoms with Crippen molar-refractivity contribution < 1.29 is 9.59 Å². The molecule has 0 bridgehead atoms. The average Bonchev–Trinajstić information content (AvgIpc) is 3.06. The second kappa shape index (κ2) is 6.08. The molecule has 1 aromatic heterocycles. The van der Waals surface area contributed by atoms with Crippen molar-refractivity contribution in [3.05, 3.63) is 35.2 Å². The molecule has 1 aromatic carbocycles. The Balaban J connectivity index is 1.49. The number of amides is 2. The largest absolute Gasteiger partial charge is 0.351 e. The van der Waals surface area contributed by atoms with E-state index in [1.165, 1.54) is 10.1 Å². The van der Waals surface area contributed by atoms with E-state index in [0.717, 1.165) is 11.3 Å². The predicted octanol–water partition coefficient (Wildman–Crippen LogP) is 2.97. The van der Waals surface area contributed by atoms with Gasteiger partial charge in [-0.3, -0.25) is 9.59 Å². The molecule has 116 valence electrons. The molecule has 2 heterocycles. The van der Waals surface area contributed by atoms with Gasteiger partial charge in [-0.05, 0) is 37.3 Å². The molecule has 0 unspecified atom stereocenters. The minimum atomic E-state index is -0.216. The Hall–Kier alpha value is -1.88. The van der Waals surface area contributed by atoms with Gasteiger partial charge in [0, 0.05) is 28.0 Å². The standard InChI is InChI=1S/C17H20N2O2S/c1-17(9-7-16(21)19-17)8-6-15(20)18-11-13-10-12-4-2-3-5-14(12)22-13/h2-5,10H,6-9,11H2,1H3,(H,18,20)(H,19,21)/t17-/m0/s1. The summed E-state index contributed by atoms with van der Waals surface area (Å²) in [5.41, 5.74) is -0.216. The van der Waals surface area contributed by atoms with Crippen LogP contribution in [0.4, 0.5) is 0 Å². The van der Waals surface area contributed by atoms with E-state index < -0.39 is 0 Å². The second-order valence-corrected chi connectivity index (χ2v) is 7.30. The molecule has 1 aliphatic rings. The van der Waals surface area contributed by atoms with Gasteiger partial charge in [0.1, 0.15) is 0 Å². The molecule has 2 N–H and O–H groups in total. The molecule has 1 atom stereocenters. The van der Waals surface area contributed by atoms with Crippen LogP contribution in [0.15, 0.2) is 30.3 Å². The maximum absolute atomic E-state index is 12.0. The van der Waals surface area contributed by atoms with E-state index >= 15 is 0 Å². The van der Waals surface area contributed by atoms with Crippen molar-refractivity contribution in [3.63, 3.8) is 0 Å². The summed E-state index contributed by atoms with van der Waals surface area (Å²) >= 11 is 1.71. The van der Waals surface area contributed by atoms with Crippen LogP contribution >= 0.6 is 11.3 Å². The fourth-order valence-electron chi connectivity index (χ4n) is 2.83. The summed E-state index contributed by atoms with van der Waals surface area (Å²) in [4.78, 5) is 24.4. The molecule has 0 aliphatic carbocycles. The van der Waals surface area contributed by atoms with E-state index in [9.17, 15) is 9.59 Å². The number of hydrogen-bond acceptors (Lipinski definition) is 3. The fourth-order valence-corrected chi connectivity index (χ4v) is 3.83. The molecule has 1 aliphatic heterocycles. The summed E-state index contributed by atoms with van der Waals surface area (Å²) in [5.74, 6) is 0.132. The van der Waals surface area contributed by atoms with E-state index in [2.05, 4.69) is 28.8 Å². The highest BCUT2D eigenvalue weighted by molar-refractivity contribution is 7.19. The molecule has 4 nitrogen and oxygen atoms in total. The third kappa shape index (κ3) is 3.47. The van der Waals surface area contributed by atoms with Gasteiger partial charge in [-0.2, -0.15) is 0 Å². The van der Waals surface area contributed by atoms with Gasteiger partial charge in [-0.25, -0.2) is 0 Å². The molecule has 0 saturated carbocycles. The molecule has 1 fully saturated rings. The summed E-state index contributed by atoms with van der Waals surface area (Å²) < 4.78 is 1.24. The third-order valence-electron chi connectivity index (χ3n) is 4.19. The first-order valence-corrected chi connectivity index (χ1v) is 8.41. The van der Waals surface area contributed by atoms with Gasteiger partial charge in [0.2, 0.25) is 11.8 Å². The maximum atomic E-state index is 12.0. The number of benzene rings is 1. The third-order valence-corrected chi connectivity index (χ3v) is 5.30. The molecule has 1 saturated heterocycles. The van der Waals surface area contributed by atoms with Gasteiger partial charge < -0.3 is 10.6 Å². The van der Waals surface area contributed by atoms with Crippen LogP contribution in [0.1, 0.15) is 37.5 Å². The topological polar surface area (TPSA) is 58.2 Å². The van der Waals surface area contributed by atoms with E-state index in [1.54, 1.807) is 11.3 Å². The molecular weight excluding hydrogens is 296 g/mol. The predicted molar refractivity (Wildman–Crippen MR) is 88.7 cm³/mol. The van der Waals surface area contributed by atoms with Crippen molar-refractivity contribution in [1.82, 2.24) is 10.6 Å². The zero-order valence-corrected chi connectivity index (χ0v) is 13.5. The monoisotopic (exact) mass is 316 g/mol. The molecule has 2 aromatic rings. The van der Waals surface area contributed by atoms with Crippen molar-refractivity contribution in [2.24, 2.45) is 0 Å². The molecule has 22 heavy (non-hydrogen) atoms. The quantitative estimate of drug-likeness (QED) is 0.891. The lowest BCUT2D eigenvalue weighted by Crippen LogP contribution is -2.39. The first-order chi connectivity index (χ1) is 10.5.